The van der Waals surface area contributed by atoms with Crippen molar-refractivity contribution in [1.82, 2.24) is 24.8 Å². The molecular formula is C18H23N5O. The zero-order chi connectivity index (χ0) is 16.4. The minimum Gasteiger partial charge on any atom is -0.338 e. The van der Waals surface area contributed by atoms with Crippen LogP contribution in [0.25, 0.3) is 5.82 Å². The molecule has 6 heteroatoms. The standard InChI is InChI=1S/C18H23N5O/c24-18(15-3-4-17(21-12-15)23-10-7-19-13-23)22-8-5-16(6-9-22)20-11-14-1-2-14/h3-4,7,10,12-14,16,20H,1-2,5-6,8-9,11H2. The van der Waals surface area contributed by atoms with Crippen LogP contribution in [-0.2, 0) is 0 Å². The van der Waals surface area contributed by atoms with Crippen LogP contribution in [-0.4, -0.2) is 51.0 Å². The SMILES string of the molecule is O=C(c1ccc(-n2ccnc2)nc1)N1CCC(NCC2CC2)CC1. The van der Waals surface area contributed by atoms with Gasteiger partial charge in [-0.1, -0.05) is 0 Å². The Morgan fingerprint density at radius 1 is 1.21 bits per heavy atom. The lowest BCUT2D eigenvalue weighted by Crippen LogP contribution is -2.45. The normalized spacial score (nSPS) is 18.8. The fraction of sp³-hybridized carbons (Fsp3) is 0.500. The van der Waals surface area contributed by atoms with Gasteiger partial charge >= 0.3 is 0 Å². The summed E-state index contributed by atoms with van der Waals surface area (Å²) in [4.78, 5) is 23.0. The number of amides is 1. The summed E-state index contributed by atoms with van der Waals surface area (Å²) in [6.45, 7) is 2.80. The fourth-order valence-corrected chi connectivity index (χ4v) is 3.18. The molecule has 1 amide bonds. The molecule has 1 saturated heterocycles. The summed E-state index contributed by atoms with van der Waals surface area (Å²) in [6.07, 6.45) is 11.8. The maximum Gasteiger partial charge on any atom is 0.255 e. The van der Waals surface area contributed by atoms with Crippen molar-refractivity contribution < 1.29 is 4.79 Å². The Morgan fingerprint density at radius 3 is 2.67 bits per heavy atom. The summed E-state index contributed by atoms with van der Waals surface area (Å²) in [5, 5.41) is 3.65. The number of likely N-dealkylation sites (tertiary alicyclic amines) is 1. The maximum absolute atomic E-state index is 12.6. The second-order valence-corrected chi connectivity index (χ2v) is 6.79. The Labute approximate surface area is 141 Å². The highest BCUT2D eigenvalue weighted by atomic mass is 16.2. The molecular weight excluding hydrogens is 302 g/mol. The van der Waals surface area contributed by atoms with E-state index in [9.17, 15) is 4.79 Å². The topological polar surface area (TPSA) is 63.1 Å². The van der Waals surface area contributed by atoms with Crippen molar-refractivity contribution in [2.24, 2.45) is 5.92 Å². The first-order chi connectivity index (χ1) is 11.8. The minimum absolute atomic E-state index is 0.0836. The van der Waals surface area contributed by atoms with Crippen molar-refractivity contribution in [3.05, 3.63) is 42.6 Å². The van der Waals surface area contributed by atoms with Gasteiger partial charge in [-0.25, -0.2) is 9.97 Å². The molecule has 1 aliphatic carbocycles. The largest absolute Gasteiger partial charge is 0.338 e. The van der Waals surface area contributed by atoms with Crippen molar-refractivity contribution >= 4 is 5.91 Å². The van der Waals surface area contributed by atoms with E-state index < -0.39 is 0 Å². The van der Waals surface area contributed by atoms with Gasteiger partial charge in [0, 0.05) is 37.7 Å². The third-order valence-electron chi connectivity index (χ3n) is 4.94. The Bertz CT molecular complexity index is 670. The Morgan fingerprint density at radius 2 is 2.04 bits per heavy atom. The second-order valence-electron chi connectivity index (χ2n) is 6.79. The highest BCUT2D eigenvalue weighted by Crippen LogP contribution is 2.28. The van der Waals surface area contributed by atoms with Gasteiger partial charge in [0.1, 0.15) is 12.1 Å². The molecule has 126 valence electrons. The van der Waals surface area contributed by atoms with Crippen LogP contribution in [0.4, 0.5) is 0 Å². The highest BCUT2D eigenvalue weighted by Gasteiger charge is 2.26. The summed E-state index contributed by atoms with van der Waals surface area (Å²) >= 11 is 0. The molecule has 2 fully saturated rings. The van der Waals surface area contributed by atoms with Crippen LogP contribution in [0.5, 0.6) is 0 Å². The van der Waals surface area contributed by atoms with Gasteiger partial charge in [0.2, 0.25) is 0 Å². The third-order valence-corrected chi connectivity index (χ3v) is 4.94. The third kappa shape index (κ3) is 3.48. The van der Waals surface area contributed by atoms with Crippen molar-refractivity contribution in [3.63, 3.8) is 0 Å². The summed E-state index contributed by atoms with van der Waals surface area (Å²) < 4.78 is 1.82. The average molecular weight is 325 g/mol. The van der Waals surface area contributed by atoms with E-state index in [1.54, 1.807) is 18.7 Å². The number of nitrogens with zero attached hydrogens (tertiary/aromatic N) is 4. The molecule has 0 atom stereocenters. The number of carbonyl (C=O) groups is 1. The van der Waals surface area contributed by atoms with Gasteiger partial charge in [0.25, 0.3) is 5.91 Å². The van der Waals surface area contributed by atoms with Crippen molar-refractivity contribution in [3.8, 4) is 5.82 Å². The van der Waals surface area contributed by atoms with E-state index in [2.05, 4.69) is 15.3 Å². The predicted molar refractivity (Wildman–Crippen MR) is 91.0 cm³/mol. The van der Waals surface area contributed by atoms with Gasteiger partial charge in [-0.2, -0.15) is 0 Å². The number of hydrogen-bond donors (Lipinski definition) is 1. The van der Waals surface area contributed by atoms with Crippen molar-refractivity contribution in [1.29, 1.82) is 0 Å². The van der Waals surface area contributed by atoms with E-state index in [4.69, 9.17) is 0 Å². The molecule has 1 N–H and O–H groups in total. The van der Waals surface area contributed by atoms with E-state index in [0.29, 0.717) is 11.6 Å². The molecule has 1 aliphatic heterocycles. The molecule has 1 saturated carbocycles. The van der Waals surface area contributed by atoms with Gasteiger partial charge in [0.05, 0.1) is 5.56 Å². The van der Waals surface area contributed by atoms with Crippen LogP contribution in [0.15, 0.2) is 37.1 Å². The number of rotatable bonds is 5. The average Bonchev–Trinajstić information content (AvgIpc) is 3.31. The van der Waals surface area contributed by atoms with E-state index >= 15 is 0 Å². The van der Waals surface area contributed by atoms with Crippen LogP contribution < -0.4 is 5.32 Å². The quantitative estimate of drug-likeness (QED) is 0.911. The first-order valence-corrected chi connectivity index (χ1v) is 8.76. The van der Waals surface area contributed by atoms with Crippen molar-refractivity contribution in [2.45, 2.75) is 31.7 Å². The summed E-state index contributed by atoms with van der Waals surface area (Å²) in [6, 6.07) is 4.28. The number of carbonyl (C=O) groups excluding carboxylic acids is 1. The second kappa shape index (κ2) is 6.73. The van der Waals surface area contributed by atoms with Gasteiger partial charge in [-0.05, 0) is 50.3 Å². The minimum atomic E-state index is 0.0836. The Kier molecular flexibility index (Phi) is 4.30. The summed E-state index contributed by atoms with van der Waals surface area (Å²) in [5.74, 6) is 1.76. The molecule has 0 radical (unpaired) electrons. The molecule has 0 spiro atoms. The number of nitrogens with one attached hydrogen (secondary N) is 1. The lowest BCUT2D eigenvalue weighted by molar-refractivity contribution is 0.0704. The Balaban J connectivity index is 1.32. The summed E-state index contributed by atoms with van der Waals surface area (Å²) in [5.41, 5.74) is 0.656. The predicted octanol–water partition coefficient (Wildman–Crippen LogP) is 1.87. The van der Waals surface area contributed by atoms with Crippen LogP contribution in [0, 0.1) is 5.92 Å². The molecule has 6 nitrogen and oxygen atoms in total. The van der Waals surface area contributed by atoms with Gasteiger partial charge in [-0.3, -0.25) is 9.36 Å². The zero-order valence-corrected chi connectivity index (χ0v) is 13.8. The molecule has 0 aromatic carbocycles. The molecule has 4 rings (SSSR count). The van der Waals surface area contributed by atoms with Crippen LogP contribution >= 0.6 is 0 Å². The molecule has 0 unspecified atom stereocenters. The lowest BCUT2D eigenvalue weighted by Gasteiger charge is -2.32. The fourth-order valence-electron chi connectivity index (χ4n) is 3.18. The molecule has 2 aromatic heterocycles. The molecule has 2 aliphatic rings. The van der Waals surface area contributed by atoms with E-state index in [1.165, 1.54) is 12.8 Å². The monoisotopic (exact) mass is 325 g/mol. The number of aromatic nitrogens is 3. The van der Waals surface area contributed by atoms with Gasteiger partial charge in [-0.15, -0.1) is 0 Å². The maximum atomic E-state index is 12.6. The highest BCUT2D eigenvalue weighted by molar-refractivity contribution is 5.94. The Hall–Kier alpha value is -2.21. The van der Waals surface area contributed by atoms with Crippen LogP contribution in [0.1, 0.15) is 36.0 Å². The smallest absolute Gasteiger partial charge is 0.255 e. The molecule has 3 heterocycles. The van der Waals surface area contributed by atoms with E-state index in [0.717, 1.165) is 44.2 Å². The van der Waals surface area contributed by atoms with Gasteiger partial charge in [0.15, 0.2) is 0 Å². The van der Waals surface area contributed by atoms with E-state index in [1.807, 2.05) is 27.8 Å². The number of pyridine rings is 1. The number of imidazole rings is 1. The van der Waals surface area contributed by atoms with E-state index in [-0.39, 0.29) is 5.91 Å². The van der Waals surface area contributed by atoms with Gasteiger partial charge < -0.3 is 10.2 Å². The molecule has 2 aromatic rings. The lowest BCUT2D eigenvalue weighted by atomic mass is 10.0. The number of piperidine rings is 1. The van der Waals surface area contributed by atoms with Crippen LogP contribution in [0.3, 0.4) is 0 Å². The zero-order valence-electron chi connectivity index (χ0n) is 13.8. The first kappa shape index (κ1) is 15.3. The molecule has 24 heavy (non-hydrogen) atoms. The molecule has 0 bridgehead atoms. The number of hydrogen-bond acceptors (Lipinski definition) is 4. The van der Waals surface area contributed by atoms with Crippen molar-refractivity contribution in [2.75, 3.05) is 19.6 Å². The van der Waals surface area contributed by atoms with Crippen LogP contribution in [0.2, 0.25) is 0 Å². The summed E-state index contributed by atoms with van der Waals surface area (Å²) in [7, 11) is 0. The first-order valence-electron chi connectivity index (χ1n) is 8.76.